The molecule has 1 N–H and O–H groups in total. The lowest BCUT2D eigenvalue weighted by molar-refractivity contribution is 0.356. The van der Waals surface area contributed by atoms with Gasteiger partial charge in [-0.1, -0.05) is 23.2 Å². The molecule has 31 heavy (non-hydrogen) atoms. The van der Waals surface area contributed by atoms with Crippen LogP contribution in [0.2, 0.25) is 10.0 Å². The predicted octanol–water partition coefficient (Wildman–Crippen LogP) is 7.16. The van der Waals surface area contributed by atoms with Gasteiger partial charge in [0.05, 0.1) is 25.8 Å². The quantitative estimate of drug-likeness (QED) is 0.321. The van der Waals surface area contributed by atoms with Crippen LogP contribution >= 0.6 is 34.5 Å². The molecule has 0 spiro atoms. The molecule has 5 nitrogen and oxygen atoms in total. The highest BCUT2D eigenvalue weighted by molar-refractivity contribution is 7.15. The maximum atomic E-state index is 6.17. The zero-order valence-electron chi connectivity index (χ0n) is 17.5. The van der Waals surface area contributed by atoms with E-state index in [9.17, 15) is 0 Å². The molecule has 160 valence electrons. The second-order valence-corrected chi connectivity index (χ2v) is 9.06. The zero-order valence-corrected chi connectivity index (χ0v) is 19.8. The van der Waals surface area contributed by atoms with Gasteiger partial charge in [-0.15, -0.1) is 11.3 Å². The summed E-state index contributed by atoms with van der Waals surface area (Å²) < 4.78 is 10.9. The SMILES string of the molecule is COc1cc2nc(C)nc(N[C@@H](C)c3ccc(-c4cc(Cl)cc(Cl)c4)s3)c2cc1OC. The van der Waals surface area contributed by atoms with Gasteiger partial charge in [0.15, 0.2) is 11.5 Å². The zero-order chi connectivity index (χ0) is 22.1. The number of nitrogens with one attached hydrogen (secondary N) is 1. The Kier molecular flexibility index (Phi) is 6.23. The average Bonchev–Trinajstić information content (AvgIpc) is 3.22. The molecule has 2 aromatic heterocycles. The number of aryl methyl sites for hydroxylation is 1. The summed E-state index contributed by atoms with van der Waals surface area (Å²) in [5.41, 5.74) is 1.79. The van der Waals surface area contributed by atoms with Crippen molar-refractivity contribution in [2.45, 2.75) is 19.9 Å². The van der Waals surface area contributed by atoms with E-state index in [4.69, 9.17) is 32.7 Å². The number of hydrogen-bond donors (Lipinski definition) is 1. The Morgan fingerprint density at radius 1 is 0.935 bits per heavy atom. The largest absolute Gasteiger partial charge is 0.493 e. The first-order valence-electron chi connectivity index (χ1n) is 9.61. The van der Waals surface area contributed by atoms with Gasteiger partial charge in [-0.05, 0) is 55.8 Å². The van der Waals surface area contributed by atoms with Crippen molar-refractivity contribution in [3.05, 3.63) is 63.2 Å². The summed E-state index contributed by atoms with van der Waals surface area (Å²) in [7, 11) is 3.23. The van der Waals surface area contributed by atoms with Crippen LogP contribution in [0.25, 0.3) is 21.3 Å². The molecule has 2 aromatic carbocycles. The van der Waals surface area contributed by atoms with E-state index in [0.29, 0.717) is 27.4 Å². The summed E-state index contributed by atoms with van der Waals surface area (Å²) in [5, 5.41) is 5.64. The van der Waals surface area contributed by atoms with Crippen LogP contribution in [0, 0.1) is 6.92 Å². The Labute approximate surface area is 195 Å². The molecule has 0 saturated heterocycles. The molecule has 0 aliphatic rings. The van der Waals surface area contributed by atoms with E-state index in [-0.39, 0.29) is 6.04 Å². The third-order valence-electron chi connectivity index (χ3n) is 4.87. The van der Waals surface area contributed by atoms with Gasteiger partial charge in [0.25, 0.3) is 0 Å². The van der Waals surface area contributed by atoms with E-state index in [0.717, 1.165) is 32.0 Å². The van der Waals surface area contributed by atoms with E-state index < -0.39 is 0 Å². The van der Waals surface area contributed by atoms with E-state index in [1.807, 2.05) is 31.2 Å². The van der Waals surface area contributed by atoms with Crippen molar-refractivity contribution in [1.29, 1.82) is 0 Å². The summed E-state index contributed by atoms with van der Waals surface area (Å²) in [6.07, 6.45) is 0. The summed E-state index contributed by atoms with van der Waals surface area (Å²) in [4.78, 5) is 11.5. The highest BCUT2D eigenvalue weighted by Crippen LogP contribution is 2.37. The highest BCUT2D eigenvalue weighted by Gasteiger charge is 2.16. The van der Waals surface area contributed by atoms with Crippen molar-refractivity contribution < 1.29 is 9.47 Å². The van der Waals surface area contributed by atoms with Crippen LogP contribution < -0.4 is 14.8 Å². The van der Waals surface area contributed by atoms with Crippen LogP contribution in [0.15, 0.2) is 42.5 Å². The van der Waals surface area contributed by atoms with Crippen molar-refractivity contribution in [2.75, 3.05) is 19.5 Å². The Hall–Kier alpha value is -2.54. The Bertz CT molecular complexity index is 1240. The van der Waals surface area contributed by atoms with Crippen LogP contribution in [0.1, 0.15) is 23.7 Å². The number of aromatic nitrogens is 2. The second-order valence-electron chi connectivity index (χ2n) is 7.07. The number of fused-ring (bicyclic) bond motifs is 1. The first-order chi connectivity index (χ1) is 14.9. The maximum absolute atomic E-state index is 6.17. The average molecular weight is 474 g/mol. The van der Waals surface area contributed by atoms with E-state index in [2.05, 4.69) is 34.3 Å². The molecular weight excluding hydrogens is 453 g/mol. The number of methoxy groups -OCH3 is 2. The van der Waals surface area contributed by atoms with E-state index >= 15 is 0 Å². The number of halogens is 2. The molecule has 4 rings (SSSR count). The highest BCUT2D eigenvalue weighted by atomic mass is 35.5. The van der Waals surface area contributed by atoms with Crippen LogP contribution in [0.3, 0.4) is 0 Å². The number of hydrogen-bond acceptors (Lipinski definition) is 6. The molecule has 0 saturated carbocycles. The minimum absolute atomic E-state index is 0.0269. The third kappa shape index (κ3) is 4.56. The molecule has 0 fully saturated rings. The third-order valence-corrected chi connectivity index (χ3v) is 6.62. The van der Waals surface area contributed by atoms with Gasteiger partial charge in [0, 0.05) is 31.3 Å². The topological polar surface area (TPSA) is 56.3 Å². The summed E-state index contributed by atoms with van der Waals surface area (Å²) in [6.45, 7) is 3.97. The normalized spacial score (nSPS) is 12.1. The number of anilines is 1. The van der Waals surface area contributed by atoms with Gasteiger partial charge in [0.1, 0.15) is 11.6 Å². The van der Waals surface area contributed by atoms with Crippen molar-refractivity contribution in [3.63, 3.8) is 0 Å². The fraction of sp³-hybridized carbons (Fsp3) is 0.217. The van der Waals surface area contributed by atoms with Gasteiger partial charge in [-0.3, -0.25) is 0 Å². The van der Waals surface area contributed by atoms with Crippen LogP contribution in [0.4, 0.5) is 5.82 Å². The van der Waals surface area contributed by atoms with Gasteiger partial charge in [-0.25, -0.2) is 9.97 Å². The molecule has 0 bridgehead atoms. The van der Waals surface area contributed by atoms with Crippen LogP contribution in [-0.4, -0.2) is 24.2 Å². The standard InChI is InChI=1S/C23H21Cl2N3O2S/c1-12(21-5-6-22(31-21)14-7-15(24)9-16(25)8-14)26-23-17-10-19(29-3)20(30-4)11-18(17)27-13(2)28-23/h5-12H,1-4H3,(H,26,27,28)/t12-/m0/s1. The summed E-state index contributed by atoms with van der Waals surface area (Å²) in [6, 6.07) is 13.5. The summed E-state index contributed by atoms with van der Waals surface area (Å²) in [5.74, 6) is 2.69. The first kappa shape index (κ1) is 21.7. The Morgan fingerprint density at radius 2 is 1.61 bits per heavy atom. The molecule has 0 radical (unpaired) electrons. The molecule has 2 heterocycles. The fourth-order valence-electron chi connectivity index (χ4n) is 3.39. The molecule has 8 heteroatoms. The summed E-state index contributed by atoms with van der Waals surface area (Å²) >= 11 is 14.0. The number of thiophene rings is 1. The Morgan fingerprint density at radius 3 is 2.29 bits per heavy atom. The van der Waals surface area contributed by atoms with Crippen molar-refractivity contribution >= 4 is 51.3 Å². The van der Waals surface area contributed by atoms with Gasteiger partial charge in [-0.2, -0.15) is 0 Å². The van der Waals surface area contributed by atoms with Gasteiger partial charge < -0.3 is 14.8 Å². The maximum Gasteiger partial charge on any atom is 0.162 e. The second kappa shape index (κ2) is 8.91. The van der Waals surface area contributed by atoms with Crippen molar-refractivity contribution in [1.82, 2.24) is 9.97 Å². The minimum atomic E-state index is 0.0269. The molecule has 1 atom stereocenters. The lowest BCUT2D eigenvalue weighted by Crippen LogP contribution is -2.08. The molecular formula is C23H21Cl2N3O2S. The van der Waals surface area contributed by atoms with Crippen LogP contribution in [-0.2, 0) is 0 Å². The molecule has 0 amide bonds. The van der Waals surface area contributed by atoms with Gasteiger partial charge >= 0.3 is 0 Å². The number of benzene rings is 2. The first-order valence-corrected chi connectivity index (χ1v) is 11.2. The number of nitrogens with zero attached hydrogens (tertiary/aromatic N) is 2. The van der Waals surface area contributed by atoms with Crippen LogP contribution in [0.5, 0.6) is 11.5 Å². The van der Waals surface area contributed by atoms with Gasteiger partial charge in [0.2, 0.25) is 0 Å². The molecule has 0 unspecified atom stereocenters. The lowest BCUT2D eigenvalue weighted by atomic mass is 10.1. The minimum Gasteiger partial charge on any atom is -0.493 e. The smallest absolute Gasteiger partial charge is 0.162 e. The molecule has 0 aliphatic carbocycles. The molecule has 4 aromatic rings. The van der Waals surface area contributed by atoms with Crippen molar-refractivity contribution in [3.8, 4) is 21.9 Å². The molecule has 0 aliphatic heterocycles. The Balaban J connectivity index is 1.67. The number of ether oxygens (including phenoxy) is 2. The van der Waals surface area contributed by atoms with E-state index in [1.54, 1.807) is 31.6 Å². The monoisotopic (exact) mass is 473 g/mol. The number of rotatable bonds is 6. The van der Waals surface area contributed by atoms with E-state index in [1.165, 1.54) is 0 Å². The fourth-order valence-corrected chi connectivity index (χ4v) is 4.92. The lowest BCUT2D eigenvalue weighted by Gasteiger charge is -2.16. The van der Waals surface area contributed by atoms with Crippen molar-refractivity contribution in [2.24, 2.45) is 0 Å². The predicted molar refractivity (Wildman–Crippen MR) is 129 cm³/mol.